The van der Waals surface area contributed by atoms with Crippen LogP contribution < -0.4 is 4.90 Å². The van der Waals surface area contributed by atoms with E-state index < -0.39 is 22.5 Å². The van der Waals surface area contributed by atoms with Gasteiger partial charge in [-0.1, -0.05) is 11.3 Å². The van der Waals surface area contributed by atoms with E-state index in [0.29, 0.717) is 16.9 Å². The monoisotopic (exact) mass is 445 g/mol. The molecule has 1 fully saturated rings. The minimum Gasteiger partial charge on any atom is -0.376 e. The predicted octanol–water partition coefficient (Wildman–Crippen LogP) is 4.71. The summed E-state index contributed by atoms with van der Waals surface area (Å²) in [5, 5.41) is 11.0. The first-order valence-corrected chi connectivity index (χ1v) is 10.3. The van der Waals surface area contributed by atoms with Gasteiger partial charge in [-0.05, 0) is 42.7 Å². The van der Waals surface area contributed by atoms with Crippen molar-refractivity contribution in [3.8, 4) is 0 Å². The summed E-state index contributed by atoms with van der Waals surface area (Å²) in [4.78, 5) is 28.9. The number of carbonyl (C=O) groups is 1. The maximum Gasteiger partial charge on any atom is 0.269 e. The molecule has 0 radical (unpaired) electrons. The van der Waals surface area contributed by atoms with Gasteiger partial charge in [0, 0.05) is 30.9 Å². The Bertz CT molecular complexity index is 1160. The molecule has 0 aliphatic carbocycles. The average Bonchev–Trinajstić information content (AvgIpc) is 3.40. The molecule has 160 valence electrons. The maximum absolute atomic E-state index is 14.1. The molecule has 2 aromatic carbocycles. The number of nitrogens with zero attached hydrogens (tertiary/aromatic N) is 3. The van der Waals surface area contributed by atoms with Crippen molar-refractivity contribution in [1.82, 2.24) is 4.98 Å². The zero-order chi connectivity index (χ0) is 22.0. The van der Waals surface area contributed by atoms with Crippen molar-refractivity contribution in [2.24, 2.45) is 0 Å². The van der Waals surface area contributed by atoms with Gasteiger partial charge in [-0.3, -0.25) is 19.8 Å². The van der Waals surface area contributed by atoms with E-state index in [1.165, 1.54) is 47.4 Å². The van der Waals surface area contributed by atoms with Gasteiger partial charge in [0.25, 0.3) is 11.6 Å². The van der Waals surface area contributed by atoms with Crippen LogP contribution in [0.25, 0.3) is 16.3 Å². The van der Waals surface area contributed by atoms with Crippen LogP contribution in [0.5, 0.6) is 0 Å². The van der Waals surface area contributed by atoms with Gasteiger partial charge in [-0.15, -0.1) is 0 Å². The Morgan fingerprint density at radius 1 is 1.32 bits per heavy atom. The average molecular weight is 445 g/mol. The number of nitro groups is 1. The summed E-state index contributed by atoms with van der Waals surface area (Å²) in [7, 11) is 0. The highest BCUT2D eigenvalue weighted by molar-refractivity contribution is 7.22. The molecular weight excluding hydrogens is 428 g/mol. The second-order valence-corrected chi connectivity index (χ2v) is 8.01. The molecule has 1 aliphatic rings. The molecule has 2 heterocycles. The van der Waals surface area contributed by atoms with Gasteiger partial charge in [0.15, 0.2) is 10.9 Å². The lowest BCUT2D eigenvalue weighted by Crippen LogP contribution is -2.36. The van der Waals surface area contributed by atoms with Crippen LogP contribution in [0.2, 0.25) is 0 Å². The van der Waals surface area contributed by atoms with E-state index in [-0.39, 0.29) is 29.0 Å². The summed E-state index contributed by atoms with van der Waals surface area (Å²) in [5.74, 6) is -1.91. The highest BCUT2D eigenvalue weighted by Crippen LogP contribution is 2.32. The highest BCUT2D eigenvalue weighted by Gasteiger charge is 2.25. The molecule has 1 atom stereocenters. The number of benzene rings is 2. The van der Waals surface area contributed by atoms with Crippen molar-refractivity contribution in [1.29, 1.82) is 0 Å². The quantitative estimate of drug-likeness (QED) is 0.312. The molecule has 10 heteroatoms. The number of hydrogen-bond acceptors (Lipinski definition) is 6. The predicted molar refractivity (Wildman–Crippen MR) is 113 cm³/mol. The van der Waals surface area contributed by atoms with Gasteiger partial charge in [-0.2, -0.15) is 0 Å². The van der Waals surface area contributed by atoms with E-state index >= 15 is 0 Å². The minimum atomic E-state index is -0.788. The standard InChI is InChI=1S/C21H17F2N3O4S/c22-14-10-17(23)20-18(11-14)31-21(24-20)25(12-16-2-1-9-30-16)19(27)8-5-13-3-6-15(7-4-13)26(28)29/h3-8,10-11,16H,1-2,9,12H2/b8-5-. The fourth-order valence-electron chi connectivity index (χ4n) is 3.28. The van der Waals surface area contributed by atoms with Gasteiger partial charge in [-0.25, -0.2) is 13.8 Å². The van der Waals surface area contributed by atoms with Crippen LogP contribution in [0, 0.1) is 21.7 Å². The largest absolute Gasteiger partial charge is 0.376 e. The topological polar surface area (TPSA) is 85.6 Å². The number of rotatable bonds is 6. The van der Waals surface area contributed by atoms with E-state index in [1.54, 1.807) is 0 Å². The molecule has 0 bridgehead atoms. The smallest absolute Gasteiger partial charge is 0.269 e. The van der Waals surface area contributed by atoms with Crippen LogP contribution in [0.3, 0.4) is 0 Å². The summed E-state index contributed by atoms with van der Waals surface area (Å²) < 4.78 is 33.6. The fraction of sp³-hybridized carbons (Fsp3) is 0.238. The number of non-ortho nitro benzene ring substituents is 1. The first kappa shape index (κ1) is 21.0. The first-order valence-electron chi connectivity index (χ1n) is 9.52. The number of carbonyl (C=O) groups excluding carboxylic acids is 1. The Kier molecular flexibility index (Phi) is 6.01. The second-order valence-electron chi connectivity index (χ2n) is 7.00. The molecular formula is C21H17F2N3O4S. The van der Waals surface area contributed by atoms with Gasteiger partial charge in [0.1, 0.15) is 11.3 Å². The lowest BCUT2D eigenvalue weighted by molar-refractivity contribution is -0.384. The van der Waals surface area contributed by atoms with Crippen LogP contribution in [-0.4, -0.2) is 35.1 Å². The van der Waals surface area contributed by atoms with E-state index in [9.17, 15) is 23.7 Å². The Hall–Kier alpha value is -3.24. The number of hydrogen-bond donors (Lipinski definition) is 0. The summed E-state index contributed by atoms with van der Waals surface area (Å²) >= 11 is 1.02. The lowest BCUT2D eigenvalue weighted by Gasteiger charge is -2.21. The summed E-state index contributed by atoms with van der Waals surface area (Å²) in [6.07, 6.45) is 4.33. The number of amides is 1. The third-order valence-corrected chi connectivity index (χ3v) is 5.86. The number of aromatic nitrogens is 1. The van der Waals surface area contributed by atoms with Crippen molar-refractivity contribution in [3.05, 3.63) is 69.8 Å². The van der Waals surface area contributed by atoms with E-state index in [4.69, 9.17) is 4.74 Å². The molecule has 7 nitrogen and oxygen atoms in total. The molecule has 4 rings (SSSR count). The summed E-state index contributed by atoms with van der Waals surface area (Å²) in [5.41, 5.74) is 0.562. The van der Waals surface area contributed by atoms with Crippen molar-refractivity contribution in [2.45, 2.75) is 18.9 Å². The van der Waals surface area contributed by atoms with Crippen LogP contribution in [-0.2, 0) is 9.53 Å². The van der Waals surface area contributed by atoms with Gasteiger partial charge in [0.05, 0.1) is 22.3 Å². The lowest BCUT2D eigenvalue weighted by atomic mass is 10.2. The Labute approximate surface area is 179 Å². The third-order valence-electron chi connectivity index (χ3n) is 4.83. The molecule has 3 aromatic rings. The van der Waals surface area contributed by atoms with Crippen LogP contribution >= 0.6 is 11.3 Å². The number of fused-ring (bicyclic) bond motifs is 1. The van der Waals surface area contributed by atoms with E-state index in [1.807, 2.05) is 0 Å². The van der Waals surface area contributed by atoms with Gasteiger partial charge < -0.3 is 4.74 Å². The zero-order valence-electron chi connectivity index (χ0n) is 16.2. The highest BCUT2D eigenvalue weighted by atomic mass is 32.1. The normalized spacial score (nSPS) is 16.3. The fourth-order valence-corrected chi connectivity index (χ4v) is 4.30. The number of nitro benzene ring substituents is 1. The van der Waals surface area contributed by atoms with Crippen LogP contribution in [0.15, 0.2) is 42.5 Å². The summed E-state index contributed by atoms with van der Waals surface area (Å²) in [6, 6.07) is 7.69. The third kappa shape index (κ3) is 4.75. The molecule has 1 aromatic heterocycles. The SMILES string of the molecule is O=C(/C=C\c1ccc([N+](=O)[O-])cc1)N(CC1CCCO1)c1nc2c(F)cc(F)cc2s1. The molecule has 0 N–H and O–H groups in total. The Morgan fingerprint density at radius 2 is 2.10 bits per heavy atom. The minimum absolute atomic E-state index is 0.00545. The Morgan fingerprint density at radius 3 is 2.77 bits per heavy atom. The van der Waals surface area contributed by atoms with Crippen LogP contribution in [0.4, 0.5) is 19.6 Å². The number of ether oxygens (including phenoxy) is 1. The molecule has 1 unspecified atom stereocenters. The van der Waals surface area contributed by atoms with Crippen molar-refractivity contribution in [3.63, 3.8) is 0 Å². The van der Waals surface area contributed by atoms with Crippen molar-refractivity contribution < 1.29 is 23.2 Å². The van der Waals surface area contributed by atoms with Crippen LogP contribution in [0.1, 0.15) is 18.4 Å². The van der Waals surface area contributed by atoms with Crippen molar-refractivity contribution >= 4 is 44.4 Å². The van der Waals surface area contributed by atoms with Crippen molar-refractivity contribution in [2.75, 3.05) is 18.1 Å². The zero-order valence-corrected chi connectivity index (χ0v) is 17.0. The number of halogens is 2. The second kappa shape index (κ2) is 8.86. The first-order chi connectivity index (χ1) is 14.9. The van der Waals surface area contributed by atoms with E-state index in [0.717, 1.165) is 30.2 Å². The molecule has 1 amide bonds. The number of anilines is 1. The Balaban J connectivity index is 1.62. The maximum atomic E-state index is 14.1. The molecule has 0 saturated carbocycles. The molecule has 31 heavy (non-hydrogen) atoms. The molecule has 1 saturated heterocycles. The van der Waals surface area contributed by atoms with E-state index in [2.05, 4.69) is 4.98 Å². The summed E-state index contributed by atoms with van der Waals surface area (Å²) in [6.45, 7) is 0.832. The van der Waals surface area contributed by atoms with Gasteiger partial charge >= 0.3 is 0 Å². The van der Waals surface area contributed by atoms with Gasteiger partial charge in [0.2, 0.25) is 0 Å². The number of thiazole rings is 1. The molecule has 0 spiro atoms. The molecule has 1 aliphatic heterocycles.